The quantitative estimate of drug-likeness (QED) is 0.648. The van der Waals surface area contributed by atoms with Crippen molar-refractivity contribution in [2.45, 2.75) is 32.6 Å². The Kier molecular flexibility index (Phi) is 3.33. The molecule has 1 saturated heterocycles. The molecule has 1 amide bonds. The van der Waals surface area contributed by atoms with Gasteiger partial charge in [0.15, 0.2) is 0 Å². The summed E-state index contributed by atoms with van der Waals surface area (Å²) in [4.78, 5) is 21.8. The minimum atomic E-state index is -0.586. The van der Waals surface area contributed by atoms with Crippen molar-refractivity contribution in [3.8, 4) is 0 Å². The van der Waals surface area contributed by atoms with Crippen LogP contribution in [-0.2, 0) is 0 Å². The Balaban J connectivity index is 1.61. The van der Waals surface area contributed by atoms with E-state index in [2.05, 4.69) is 21.8 Å². The first-order chi connectivity index (χ1) is 9.62. The zero-order chi connectivity index (χ0) is 14.2. The summed E-state index contributed by atoms with van der Waals surface area (Å²) in [6.07, 6.45) is 8.03. The van der Waals surface area contributed by atoms with Gasteiger partial charge in [-0.3, -0.25) is 10.0 Å². The van der Waals surface area contributed by atoms with Gasteiger partial charge in [-0.25, -0.2) is 15.4 Å². The van der Waals surface area contributed by atoms with Gasteiger partial charge in [0.05, 0.1) is 5.56 Å². The van der Waals surface area contributed by atoms with Crippen LogP contribution in [0.2, 0.25) is 0 Å². The Morgan fingerprint density at radius 3 is 2.45 bits per heavy atom. The van der Waals surface area contributed by atoms with Crippen molar-refractivity contribution in [1.29, 1.82) is 0 Å². The molecule has 108 valence electrons. The number of hydroxylamine groups is 1. The highest BCUT2D eigenvalue weighted by Gasteiger charge is 2.45. The van der Waals surface area contributed by atoms with Crippen LogP contribution in [-0.4, -0.2) is 34.2 Å². The van der Waals surface area contributed by atoms with Gasteiger partial charge >= 0.3 is 0 Å². The van der Waals surface area contributed by atoms with Gasteiger partial charge in [-0.1, -0.05) is 6.92 Å². The number of amides is 1. The van der Waals surface area contributed by atoms with E-state index in [1.165, 1.54) is 38.1 Å². The van der Waals surface area contributed by atoms with E-state index < -0.39 is 5.91 Å². The van der Waals surface area contributed by atoms with Crippen LogP contribution in [0, 0.1) is 11.3 Å². The predicted octanol–water partition coefficient (Wildman–Crippen LogP) is 1.61. The smallest absolute Gasteiger partial charge is 0.277 e. The Labute approximate surface area is 118 Å². The van der Waals surface area contributed by atoms with Gasteiger partial charge in [0.25, 0.3) is 5.91 Å². The first-order valence-corrected chi connectivity index (χ1v) is 7.14. The molecule has 1 aromatic heterocycles. The topological polar surface area (TPSA) is 78.4 Å². The van der Waals surface area contributed by atoms with E-state index in [9.17, 15) is 4.79 Å². The highest BCUT2D eigenvalue weighted by molar-refractivity contribution is 5.92. The number of rotatable bonds is 3. The number of nitrogens with one attached hydrogen (secondary N) is 1. The van der Waals surface area contributed by atoms with Crippen molar-refractivity contribution < 1.29 is 10.0 Å². The maximum absolute atomic E-state index is 11.2. The fraction of sp³-hybridized carbons (Fsp3) is 0.643. The molecular weight excluding hydrogens is 256 g/mol. The largest absolute Gasteiger partial charge is 0.341 e. The van der Waals surface area contributed by atoms with Crippen molar-refractivity contribution in [3.05, 3.63) is 18.0 Å². The summed E-state index contributed by atoms with van der Waals surface area (Å²) < 4.78 is 0. The average molecular weight is 276 g/mol. The SMILES string of the molecule is CC1(C2CCN(c3ncc(C(=O)NO)cn3)CC2)CC1. The lowest BCUT2D eigenvalue weighted by Crippen LogP contribution is -2.37. The molecule has 1 aliphatic heterocycles. The van der Waals surface area contributed by atoms with Crippen LogP contribution in [0.3, 0.4) is 0 Å². The second kappa shape index (κ2) is 5.01. The molecule has 20 heavy (non-hydrogen) atoms. The lowest BCUT2D eigenvalue weighted by Gasteiger charge is -2.35. The number of hydrogen-bond acceptors (Lipinski definition) is 5. The second-order valence-electron chi connectivity index (χ2n) is 6.13. The summed E-state index contributed by atoms with van der Waals surface area (Å²) in [5.74, 6) is 0.911. The highest BCUT2D eigenvalue weighted by Crippen LogP contribution is 2.54. The number of piperidine rings is 1. The summed E-state index contributed by atoms with van der Waals surface area (Å²) in [7, 11) is 0. The molecule has 1 aliphatic carbocycles. The number of aromatic nitrogens is 2. The van der Waals surface area contributed by atoms with Gasteiger partial charge in [-0.15, -0.1) is 0 Å². The molecule has 0 aromatic carbocycles. The molecule has 3 rings (SSSR count). The summed E-state index contributed by atoms with van der Waals surface area (Å²) in [5, 5.41) is 8.55. The molecule has 2 N–H and O–H groups in total. The molecule has 2 aliphatic rings. The molecule has 6 nitrogen and oxygen atoms in total. The lowest BCUT2D eigenvalue weighted by atomic mass is 9.83. The summed E-state index contributed by atoms with van der Waals surface area (Å²) in [5.41, 5.74) is 2.43. The molecule has 0 unspecified atom stereocenters. The van der Waals surface area contributed by atoms with Crippen molar-refractivity contribution >= 4 is 11.9 Å². The molecule has 0 spiro atoms. The van der Waals surface area contributed by atoms with E-state index in [0.717, 1.165) is 19.0 Å². The molecule has 1 saturated carbocycles. The minimum Gasteiger partial charge on any atom is -0.341 e. The summed E-state index contributed by atoms with van der Waals surface area (Å²) in [6.45, 7) is 4.35. The monoisotopic (exact) mass is 276 g/mol. The Bertz CT molecular complexity index is 490. The Hall–Kier alpha value is -1.69. The first kappa shape index (κ1) is 13.3. The highest BCUT2D eigenvalue weighted by atomic mass is 16.5. The predicted molar refractivity (Wildman–Crippen MR) is 73.6 cm³/mol. The number of anilines is 1. The van der Waals surface area contributed by atoms with Crippen LogP contribution < -0.4 is 10.4 Å². The molecule has 2 fully saturated rings. The third-order valence-electron chi connectivity index (χ3n) is 4.80. The van der Waals surface area contributed by atoms with Gasteiger partial charge in [0.2, 0.25) is 5.95 Å². The maximum atomic E-state index is 11.2. The molecule has 1 aromatic rings. The van der Waals surface area contributed by atoms with Crippen LogP contribution in [0.15, 0.2) is 12.4 Å². The van der Waals surface area contributed by atoms with Gasteiger partial charge in [0.1, 0.15) is 0 Å². The van der Waals surface area contributed by atoms with E-state index in [1.807, 2.05) is 0 Å². The average Bonchev–Trinajstić information content (AvgIpc) is 3.26. The lowest BCUT2D eigenvalue weighted by molar-refractivity contribution is 0.0705. The molecule has 0 atom stereocenters. The van der Waals surface area contributed by atoms with Crippen LogP contribution in [0.4, 0.5) is 5.95 Å². The number of nitrogens with zero attached hydrogens (tertiary/aromatic N) is 3. The first-order valence-electron chi connectivity index (χ1n) is 7.14. The Morgan fingerprint density at radius 2 is 1.95 bits per heavy atom. The zero-order valence-electron chi connectivity index (χ0n) is 11.7. The second-order valence-corrected chi connectivity index (χ2v) is 6.13. The number of carbonyl (C=O) groups is 1. The molecule has 0 radical (unpaired) electrons. The fourth-order valence-electron chi connectivity index (χ4n) is 3.05. The van der Waals surface area contributed by atoms with Crippen molar-refractivity contribution in [2.75, 3.05) is 18.0 Å². The number of carbonyl (C=O) groups excluding carboxylic acids is 1. The fourth-order valence-corrected chi connectivity index (χ4v) is 3.05. The van der Waals surface area contributed by atoms with Gasteiger partial charge in [-0.05, 0) is 37.0 Å². The third-order valence-corrected chi connectivity index (χ3v) is 4.80. The molecule has 2 heterocycles. The molecular formula is C14H20N4O2. The minimum absolute atomic E-state index is 0.261. The van der Waals surface area contributed by atoms with Crippen LogP contribution in [0.1, 0.15) is 43.0 Å². The van der Waals surface area contributed by atoms with Gasteiger partial charge in [0, 0.05) is 25.5 Å². The van der Waals surface area contributed by atoms with Gasteiger partial charge < -0.3 is 4.90 Å². The van der Waals surface area contributed by atoms with Crippen molar-refractivity contribution in [2.24, 2.45) is 11.3 Å². The Morgan fingerprint density at radius 1 is 1.35 bits per heavy atom. The van der Waals surface area contributed by atoms with Crippen molar-refractivity contribution in [3.63, 3.8) is 0 Å². The van der Waals surface area contributed by atoms with Crippen molar-refractivity contribution in [1.82, 2.24) is 15.4 Å². The zero-order valence-corrected chi connectivity index (χ0v) is 11.7. The van der Waals surface area contributed by atoms with E-state index in [0.29, 0.717) is 11.4 Å². The van der Waals surface area contributed by atoms with Crippen LogP contribution in [0.25, 0.3) is 0 Å². The van der Waals surface area contributed by atoms with Crippen LogP contribution in [0.5, 0.6) is 0 Å². The van der Waals surface area contributed by atoms with Gasteiger partial charge in [-0.2, -0.15) is 0 Å². The summed E-state index contributed by atoms with van der Waals surface area (Å²) >= 11 is 0. The standard InChI is InChI=1S/C14H20N4O2/c1-14(4-5-14)11-2-6-18(7-3-11)13-15-8-10(9-16-13)12(19)17-20/h8-9,11,20H,2-7H2,1H3,(H,17,19). The maximum Gasteiger partial charge on any atom is 0.277 e. The van der Waals surface area contributed by atoms with E-state index >= 15 is 0 Å². The number of hydrogen-bond donors (Lipinski definition) is 2. The van der Waals surface area contributed by atoms with E-state index in [4.69, 9.17) is 5.21 Å². The van der Waals surface area contributed by atoms with E-state index in [1.54, 1.807) is 5.48 Å². The van der Waals surface area contributed by atoms with Crippen LogP contribution >= 0.6 is 0 Å². The van der Waals surface area contributed by atoms with E-state index in [-0.39, 0.29) is 5.56 Å². The molecule has 0 bridgehead atoms. The summed E-state index contributed by atoms with van der Waals surface area (Å²) in [6, 6.07) is 0. The third kappa shape index (κ3) is 2.47. The molecule has 6 heteroatoms. The normalized spacial score (nSPS) is 21.6.